The second-order valence-electron chi connectivity index (χ2n) is 4.99. The highest BCUT2D eigenvalue weighted by Crippen LogP contribution is 2.29. The topological polar surface area (TPSA) is 29.9 Å². The fourth-order valence-corrected chi connectivity index (χ4v) is 3.43. The number of imidazole rings is 1. The van der Waals surface area contributed by atoms with Crippen LogP contribution >= 0.6 is 11.3 Å². The molecule has 0 radical (unpaired) electrons. The van der Waals surface area contributed by atoms with Crippen molar-refractivity contribution < 1.29 is 0 Å². The van der Waals surface area contributed by atoms with E-state index in [0.717, 1.165) is 25.2 Å². The number of thiophene rings is 1. The molecule has 2 heterocycles. The molecule has 0 fully saturated rings. The molecule has 0 spiro atoms. The van der Waals surface area contributed by atoms with Crippen molar-refractivity contribution in [2.45, 2.75) is 39.7 Å². The highest BCUT2D eigenvalue weighted by Gasteiger charge is 2.14. The summed E-state index contributed by atoms with van der Waals surface area (Å²) < 4.78 is 2.11. The maximum atomic E-state index is 4.40. The van der Waals surface area contributed by atoms with Crippen molar-refractivity contribution in [3.05, 3.63) is 39.6 Å². The van der Waals surface area contributed by atoms with Crippen molar-refractivity contribution in [3.63, 3.8) is 0 Å². The van der Waals surface area contributed by atoms with E-state index in [4.69, 9.17) is 0 Å². The zero-order valence-electron chi connectivity index (χ0n) is 12.2. The first-order chi connectivity index (χ1) is 9.11. The second kappa shape index (κ2) is 6.35. The van der Waals surface area contributed by atoms with Gasteiger partial charge in [-0.2, -0.15) is 0 Å². The van der Waals surface area contributed by atoms with Gasteiger partial charge in [-0.3, -0.25) is 0 Å². The summed E-state index contributed by atoms with van der Waals surface area (Å²) in [6, 6.07) is 2.77. The quantitative estimate of drug-likeness (QED) is 0.877. The lowest BCUT2D eigenvalue weighted by Crippen LogP contribution is -2.21. The summed E-state index contributed by atoms with van der Waals surface area (Å²) >= 11 is 1.91. The zero-order chi connectivity index (χ0) is 13.8. The molecule has 2 aromatic heterocycles. The first-order valence-corrected chi connectivity index (χ1v) is 7.70. The van der Waals surface area contributed by atoms with Gasteiger partial charge in [0.05, 0.1) is 0 Å². The number of nitrogens with one attached hydrogen (secondary N) is 1. The van der Waals surface area contributed by atoms with Crippen LogP contribution in [-0.2, 0) is 13.5 Å². The van der Waals surface area contributed by atoms with Gasteiger partial charge in [-0.05, 0) is 38.4 Å². The van der Waals surface area contributed by atoms with Crippen molar-refractivity contribution in [1.82, 2.24) is 14.9 Å². The molecule has 3 nitrogen and oxygen atoms in total. The second-order valence-corrected chi connectivity index (χ2v) is 6.28. The smallest absolute Gasteiger partial charge is 0.108 e. The number of hydrogen-bond acceptors (Lipinski definition) is 3. The van der Waals surface area contributed by atoms with Crippen molar-refractivity contribution >= 4 is 11.3 Å². The fraction of sp³-hybridized carbons (Fsp3) is 0.533. The van der Waals surface area contributed by atoms with Gasteiger partial charge in [-0.15, -0.1) is 11.3 Å². The average Bonchev–Trinajstić information content (AvgIpc) is 2.92. The summed E-state index contributed by atoms with van der Waals surface area (Å²) in [5.74, 6) is 1.16. The lowest BCUT2D eigenvalue weighted by Gasteiger charge is -2.16. The van der Waals surface area contributed by atoms with Gasteiger partial charge in [0.1, 0.15) is 5.82 Å². The van der Waals surface area contributed by atoms with Gasteiger partial charge in [0.15, 0.2) is 0 Å². The number of nitrogens with zero attached hydrogens (tertiary/aromatic N) is 2. The van der Waals surface area contributed by atoms with Crippen molar-refractivity contribution in [3.8, 4) is 0 Å². The Morgan fingerprint density at radius 3 is 2.74 bits per heavy atom. The Kier molecular flexibility index (Phi) is 4.77. The average molecular weight is 277 g/mol. The molecule has 1 atom stereocenters. The van der Waals surface area contributed by atoms with E-state index in [1.54, 1.807) is 0 Å². The Bertz CT molecular complexity index is 508. The van der Waals surface area contributed by atoms with Gasteiger partial charge in [-0.25, -0.2) is 4.98 Å². The molecule has 4 heteroatoms. The van der Waals surface area contributed by atoms with E-state index in [2.05, 4.69) is 48.8 Å². The van der Waals surface area contributed by atoms with E-state index in [1.807, 2.05) is 23.7 Å². The van der Waals surface area contributed by atoms with Crippen LogP contribution in [0.1, 0.15) is 40.5 Å². The molecule has 104 valence electrons. The predicted octanol–water partition coefficient (Wildman–Crippen LogP) is 3.38. The van der Waals surface area contributed by atoms with Crippen molar-refractivity contribution in [1.29, 1.82) is 0 Å². The molecule has 2 aromatic rings. The molecule has 19 heavy (non-hydrogen) atoms. The molecule has 0 saturated heterocycles. The van der Waals surface area contributed by atoms with E-state index in [-0.39, 0.29) is 0 Å². The van der Waals surface area contributed by atoms with Crippen LogP contribution in [0.25, 0.3) is 0 Å². The van der Waals surface area contributed by atoms with Gasteiger partial charge in [0.25, 0.3) is 0 Å². The molecule has 1 N–H and O–H groups in total. The van der Waals surface area contributed by atoms with E-state index in [1.165, 1.54) is 15.3 Å². The Morgan fingerprint density at radius 2 is 2.21 bits per heavy atom. The summed E-state index contributed by atoms with van der Waals surface area (Å²) in [6.07, 6.45) is 5.99. The van der Waals surface area contributed by atoms with Gasteiger partial charge in [0.2, 0.25) is 0 Å². The van der Waals surface area contributed by atoms with Gasteiger partial charge in [0, 0.05) is 41.7 Å². The van der Waals surface area contributed by atoms with E-state index < -0.39 is 0 Å². The number of aryl methyl sites for hydroxylation is 4. The van der Waals surface area contributed by atoms with Crippen molar-refractivity contribution in [2.75, 3.05) is 6.54 Å². The normalized spacial score (nSPS) is 12.8. The molecule has 0 aliphatic heterocycles. The van der Waals surface area contributed by atoms with Gasteiger partial charge >= 0.3 is 0 Å². The van der Waals surface area contributed by atoms with Crippen LogP contribution in [0, 0.1) is 13.8 Å². The van der Waals surface area contributed by atoms with Crippen LogP contribution < -0.4 is 5.32 Å². The summed E-state index contributed by atoms with van der Waals surface area (Å²) in [4.78, 5) is 7.28. The van der Waals surface area contributed by atoms with Crippen LogP contribution in [0.3, 0.4) is 0 Å². The minimum Gasteiger partial charge on any atom is -0.338 e. The minimum absolute atomic E-state index is 0.444. The molecule has 2 rings (SSSR count). The van der Waals surface area contributed by atoms with Crippen LogP contribution in [-0.4, -0.2) is 16.1 Å². The third-order valence-electron chi connectivity index (χ3n) is 3.56. The molecule has 1 unspecified atom stereocenters. The molecule has 0 bridgehead atoms. The van der Waals surface area contributed by atoms with Crippen molar-refractivity contribution in [2.24, 2.45) is 7.05 Å². The van der Waals surface area contributed by atoms with E-state index >= 15 is 0 Å². The number of aromatic nitrogens is 2. The highest BCUT2D eigenvalue weighted by molar-refractivity contribution is 7.12. The highest BCUT2D eigenvalue weighted by atomic mass is 32.1. The maximum Gasteiger partial charge on any atom is 0.108 e. The Morgan fingerprint density at radius 1 is 1.42 bits per heavy atom. The Balaban J connectivity index is 2.06. The number of hydrogen-bond donors (Lipinski definition) is 1. The molecule has 0 aliphatic carbocycles. The summed E-state index contributed by atoms with van der Waals surface area (Å²) in [7, 11) is 2.06. The Hall–Kier alpha value is -1.13. The molecule has 0 aliphatic rings. The largest absolute Gasteiger partial charge is 0.338 e. The SMILES string of the molecule is CCNC(CCc1nccn1C)c1cc(C)c(C)s1. The van der Waals surface area contributed by atoms with E-state index in [0.29, 0.717) is 6.04 Å². The van der Waals surface area contributed by atoms with Gasteiger partial charge < -0.3 is 9.88 Å². The van der Waals surface area contributed by atoms with Crippen LogP contribution in [0.4, 0.5) is 0 Å². The lowest BCUT2D eigenvalue weighted by atomic mass is 10.1. The standard InChI is InChI=1S/C15H23N3S/c1-5-16-13(14-10-11(2)12(3)19-14)6-7-15-17-8-9-18(15)4/h8-10,13,16H,5-7H2,1-4H3. The van der Waals surface area contributed by atoms with E-state index in [9.17, 15) is 0 Å². The summed E-state index contributed by atoms with van der Waals surface area (Å²) in [6.45, 7) is 7.56. The minimum atomic E-state index is 0.444. The Labute approximate surface area is 119 Å². The van der Waals surface area contributed by atoms with Crippen LogP contribution in [0.2, 0.25) is 0 Å². The maximum absolute atomic E-state index is 4.40. The molecular formula is C15H23N3S. The van der Waals surface area contributed by atoms with Crippen LogP contribution in [0.5, 0.6) is 0 Å². The zero-order valence-corrected chi connectivity index (χ0v) is 13.0. The molecule has 0 saturated carbocycles. The summed E-state index contributed by atoms with van der Waals surface area (Å²) in [5, 5.41) is 3.59. The third kappa shape index (κ3) is 3.45. The van der Waals surface area contributed by atoms with Gasteiger partial charge in [-0.1, -0.05) is 6.92 Å². The fourth-order valence-electron chi connectivity index (χ4n) is 2.28. The first-order valence-electron chi connectivity index (χ1n) is 6.88. The lowest BCUT2D eigenvalue weighted by molar-refractivity contribution is 0.512. The molecule has 0 aromatic carbocycles. The summed E-state index contributed by atoms with van der Waals surface area (Å²) in [5.41, 5.74) is 1.40. The number of rotatable bonds is 6. The first kappa shape index (κ1) is 14.3. The van der Waals surface area contributed by atoms with Crippen LogP contribution in [0.15, 0.2) is 18.5 Å². The monoisotopic (exact) mass is 277 g/mol. The molecular weight excluding hydrogens is 254 g/mol. The third-order valence-corrected chi connectivity index (χ3v) is 4.82. The molecule has 0 amide bonds. The predicted molar refractivity (Wildman–Crippen MR) is 81.7 cm³/mol.